The lowest BCUT2D eigenvalue weighted by molar-refractivity contribution is 0.183. The van der Waals surface area contributed by atoms with Crippen LogP contribution in [0.25, 0.3) is 0 Å². The molecule has 114 valence electrons. The number of ether oxygens (including phenoxy) is 1. The molecule has 20 heavy (non-hydrogen) atoms. The molecule has 3 N–H and O–H groups in total. The molecule has 1 heterocycles. The smallest absolute Gasteiger partial charge is 0.222 e. The Hall–Kier alpha value is -1.36. The van der Waals surface area contributed by atoms with Crippen LogP contribution in [0.15, 0.2) is 0 Å². The molecular formula is C15H28N4O. The molecule has 0 aliphatic rings. The van der Waals surface area contributed by atoms with E-state index in [-0.39, 0.29) is 11.5 Å². The Balaban J connectivity index is 3.11. The second-order valence-electron chi connectivity index (χ2n) is 6.78. The number of nitrogen functional groups attached to an aromatic ring is 1. The molecule has 0 aromatic carbocycles. The van der Waals surface area contributed by atoms with Gasteiger partial charge in [-0.3, -0.25) is 0 Å². The van der Waals surface area contributed by atoms with E-state index in [0.717, 1.165) is 17.8 Å². The molecule has 1 rings (SSSR count). The largest absolute Gasteiger partial charge is 0.474 e. The summed E-state index contributed by atoms with van der Waals surface area (Å²) < 4.78 is 5.99. The van der Waals surface area contributed by atoms with Crippen LogP contribution in [0.2, 0.25) is 0 Å². The molecule has 0 amide bonds. The molecule has 0 fully saturated rings. The van der Waals surface area contributed by atoms with E-state index in [9.17, 15) is 0 Å². The predicted octanol–water partition coefficient (Wildman–Crippen LogP) is 3.18. The van der Waals surface area contributed by atoms with E-state index >= 15 is 0 Å². The number of hydrogen-bond acceptors (Lipinski definition) is 5. The maximum atomic E-state index is 5.99. The molecule has 0 spiro atoms. The Bertz CT molecular complexity index is 452. The van der Waals surface area contributed by atoms with Crippen molar-refractivity contribution >= 4 is 5.82 Å². The third-order valence-electron chi connectivity index (χ3n) is 3.02. The zero-order valence-electron chi connectivity index (χ0n) is 13.7. The number of nitrogens with zero attached hydrogens (tertiary/aromatic N) is 2. The van der Waals surface area contributed by atoms with E-state index < -0.39 is 0 Å². The topological polar surface area (TPSA) is 73.1 Å². The van der Waals surface area contributed by atoms with Crippen molar-refractivity contribution in [1.82, 2.24) is 9.97 Å². The predicted molar refractivity (Wildman–Crippen MR) is 82.8 cm³/mol. The zero-order chi connectivity index (χ0) is 15.5. The lowest BCUT2D eigenvalue weighted by Gasteiger charge is -2.22. The summed E-state index contributed by atoms with van der Waals surface area (Å²) in [5.74, 6) is 8.10. The highest BCUT2D eigenvalue weighted by Crippen LogP contribution is 2.28. The van der Waals surface area contributed by atoms with Gasteiger partial charge in [0.1, 0.15) is 5.82 Å². The molecule has 0 bridgehead atoms. The summed E-state index contributed by atoms with van der Waals surface area (Å²) in [6.45, 7) is 14.5. The van der Waals surface area contributed by atoms with Gasteiger partial charge in [-0.05, 0) is 26.2 Å². The van der Waals surface area contributed by atoms with Crippen LogP contribution >= 0.6 is 0 Å². The first kappa shape index (κ1) is 16.7. The minimum atomic E-state index is -0.154. The number of hydrogen-bond donors (Lipinski definition) is 2. The monoisotopic (exact) mass is 280 g/mol. The van der Waals surface area contributed by atoms with Gasteiger partial charge < -0.3 is 10.2 Å². The molecule has 1 aromatic heterocycles. The van der Waals surface area contributed by atoms with Crippen molar-refractivity contribution in [2.75, 3.05) is 5.43 Å². The van der Waals surface area contributed by atoms with Gasteiger partial charge in [-0.15, -0.1) is 0 Å². The van der Waals surface area contributed by atoms with Gasteiger partial charge in [0, 0.05) is 5.41 Å². The SMILES string of the molecule is Cc1c(NN)nc(C(C)(C)C)nc1OC(C)CC(C)C. The molecule has 5 heteroatoms. The van der Waals surface area contributed by atoms with Crippen molar-refractivity contribution in [3.8, 4) is 5.88 Å². The highest BCUT2D eigenvalue weighted by molar-refractivity contribution is 5.48. The van der Waals surface area contributed by atoms with Gasteiger partial charge in [-0.1, -0.05) is 34.6 Å². The Morgan fingerprint density at radius 2 is 1.80 bits per heavy atom. The molecule has 0 aliphatic carbocycles. The van der Waals surface area contributed by atoms with Crippen molar-refractivity contribution < 1.29 is 4.74 Å². The van der Waals surface area contributed by atoms with Crippen molar-refractivity contribution in [2.24, 2.45) is 11.8 Å². The third-order valence-corrected chi connectivity index (χ3v) is 3.02. The van der Waals surface area contributed by atoms with Crippen LogP contribution in [-0.2, 0) is 5.41 Å². The van der Waals surface area contributed by atoms with Crippen molar-refractivity contribution in [2.45, 2.75) is 66.4 Å². The fourth-order valence-corrected chi connectivity index (χ4v) is 1.99. The summed E-state index contributed by atoms with van der Waals surface area (Å²) in [4.78, 5) is 9.03. The van der Waals surface area contributed by atoms with Crippen LogP contribution < -0.4 is 16.0 Å². The average molecular weight is 280 g/mol. The molecule has 5 nitrogen and oxygen atoms in total. The summed E-state index contributed by atoms with van der Waals surface area (Å²) in [7, 11) is 0. The maximum Gasteiger partial charge on any atom is 0.222 e. The Morgan fingerprint density at radius 1 is 1.20 bits per heavy atom. The molecular weight excluding hydrogens is 252 g/mol. The first-order valence-corrected chi connectivity index (χ1v) is 7.17. The summed E-state index contributed by atoms with van der Waals surface area (Å²) in [5, 5.41) is 0. The second kappa shape index (κ2) is 6.39. The van der Waals surface area contributed by atoms with Crippen molar-refractivity contribution in [3.05, 3.63) is 11.4 Å². The molecule has 0 saturated heterocycles. The van der Waals surface area contributed by atoms with Gasteiger partial charge >= 0.3 is 0 Å². The lowest BCUT2D eigenvalue weighted by Crippen LogP contribution is -2.22. The summed E-state index contributed by atoms with van der Waals surface area (Å²) in [6.07, 6.45) is 1.10. The van der Waals surface area contributed by atoms with Crippen LogP contribution in [-0.4, -0.2) is 16.1 Å². The number of aromatic nitrogens is 2. The van der Waals surface area contributed by atoms with Gasteiger partial charge in [0.15, 0.2) is 5.82 Å². The average Bonchev–Trinajstić information content (AvgIpc) is 2.29. The van der Waals surface area contributed by atoms with Crippen molar-refractivity contribution in [3.63, 3.8) is 0 Å². The van der Waals surface area contributed by atoms with Crippen LogP contribution in [0.5, 0.6) is 5.88 Å². The van der Waals surface area contributed by atoms with Crippen LogP contribution in [0, 0.1) is 12.8 Å². The van der Waals surface area contributed by atoms with Gasteiger partial charge in [-0.25, -0.2) is 10.8 Å². The standard InChI is InChI=1S/C15H28N4O/c1-9(2)8-10(3)20-13-11(4)12(19-16)17-14(18-13)15(5,6)7/h9-10H,8,16H2,1-7H3,(H,17,18,19). The van der Waals surface area contributed by atoms with Crippen LogP contribution in [0.3, 0.4) is 0 Å². The van der Waals surface area contributed by atoms with E-state index in [1.54, 1.807) is 0 Å². The minimum Gasteiger partial charge on any atom is -0.474 e. The summed E-state index contributed by atoms with van der Waals surface area (Å²) in [5.41, 5.74) is 3.32. The van der Waals surface area contributed by atoms with E-state index in [0.29, 0.717) is 17.6 Å². The Morgan fingerprint density at radius 3 is 2.25 bits per heavy atom. The van der Waals surface area contributed by atoms with Gasteiger partial charge in [-0.2, -0.15) is 4.98 Å². The molecule has 1 unspecified atom stereocenters. The molecule has 0 aliphatic heterocycles. The first-order valence-electron chi connectivity index (χ1n) is 7.17. The lowest BCUT2D eigenvalue weighted by atomic mass is 9.95. The molecule has 1 atom stereocenters. The van der Waals surface area contributed by atoms with E-state index in [2.05, 4.69) is 56.9 Å². The number of rotatable bonds is 5. The molecule has 0 saturated carbocycles. The number of anilines is 1. The maximum absolute atomic E-state index is 5.99. The highest BCUT2D eigenvalue weighted by atomic mass is 16.5. The minimum absolute atomic E-state index is 0.113. The summed E-state index contributed by atoms with van der Waals surface area (Å²) >= 11 is 0. The number of nitrogens with two attached hydrogens (primary N) is 1. The van der Waals surface area contributed by atoms with E-state index in [1.807, 2.05) is 6.92 Å². The van der Waals surface area contributed by atoms with Crippen LogP contribution in [0.4, 0.5) is 5.82 Å². The first-order chi connectivity index (χ1) is 9.15. The zero-order valence-corrected chi connectivity index (χ0v) is 13.7. The Labute approximate surface area is 122 Å². The normalized spacial score (nSPS) is 13.4. The van der Waals surface area contributed by atoms with Crippen molar-refractivity contribution in [1.29, 1.82) is 0 Å². The van der Waals surface area contributed by atoms with E-state index in [4.69, 9.17) is 10.6 Å². The third kappa shape index (κ3) is 4.34. The summed E-state index contributed by atoms with van der Waals surface area (Å²) in [6, 6.07) is 0. The number of hydrazine groups is 1. The van der Waals surface area contributed by atoms with Gasteiger partial charge in [0.05, 0.1) is 11.7 Å². The van der Waals surface area contributed by atoms with Gasteiger partial charge in [0.25, 0.3) is 0 Å². The molecule has 0 radical (unpaired) electrons. The number of nitrogens with one attached hydrogen (secondary N) is 1. The van der Waals surface area contributed by atoms with E-state index in [1.165, 1.54) is 0 Å². The molecule has 1 aromatic rings. The fraction of sp³-hybridized carbons (Fsp3) is 0.733. The quantitative estimate of drug-likeness (QED) is 0.640. The Kier molecular flexibility index (Phi) is 5.34. The van der Waals surface area contributed by atoms with Gasteiger partial charge in [0.2, 0.25) is 5.88 Å². The fourth-order valence-electron chi connectivity index (χ4n) is 1.99. The second-order valence-corrected chi connectivity index (χ2v) is 6.78. The van der Waals surface area contributed by atoms with Crippen LogP contribution in [0.1, 0.15) is 59.4 Å². The highest BCUT2D eigenvalue weighted by Gasteiger charge is 2.22.